The predicted octanol–water partition coefficient (Wildman–Crippen LogP) is 7.05. The Morgan fingerprint density at radius 1 is 0.712 bits per heavy atom. The van der Waals surface area contributed by atoms with Gasteiger partial charge in [0.25, 0.3) is 5.91 Å². The minimum absolute atomic E-state index is 0.150. The summed E-state index contributed by atoms with van der Waals surface area (Å²) < 4.78 is 33.1. The number of aromatic amines is 2. The first-order chi connectivity index (χ1) is 32.0. The Morgan fingerprint density at radius 2 is 1.23 bits per heavy atom. The fourth-order valence-electron chi connectivity index (χ4n) is 8.40. The van der Waals surface area contributed by atoms with Crippen molar-refractivity contribution in [2.24, 2.45) is 5.92 Å². The number of benzene rings is 2. The molecule has 2 aromatic carbocycles. The van der Waals surface area contributed by atoms with Crippen molar-refractivity contribution >= 4 is 35.3 Å². The number of carbonyl (C=O) groups excluding carboxylic acids is 4. The van der Waals surface area contributed by atoms with Crippen molar-refractivity contribution in [2.45, 2.75) is 63.7 Å². The van der Waals surface area contributed by atoms with E-state index >= 15 is 0 Å². The van der Waals surface area contributed by atoms with Crippen LogP contribution in [0, 0.1) is 5.92 Å². The molecule has 0 aliphatic carbocycles. The fourth-order valence-corrected chi connectivity index (χ4v) is 9.17. The zero-order valence-electron chi connectivity index (χ0n) is 38.1. The van der Waals surface area contributed by atoms with Gasteiger partial charge in [-0.25, -0.2) is 19.6 Å². The largest absolute Gasteiger partial charge is 0.491 e. The molecule has 18 nitrogen and oxygen atoms in total. The van der Waals surface area contributed by atoms with Gasteiger partial charge in [0.15, 0.2) is 0 Å². The third-order valence-electron chi connectivity index (χ3n) is 11.8. The number of carbonyl (C=O) groups is 4. The van der Waals surface area contributed by atoms with E-state index in [1.165, 1.54) is 25.6 Å². The number of amides is 4. The molecule has 4 atom stereocenters. The maximum atomic E-state index is 14.0. The summed E-state index contributed by atoms with van der Waals surface area (Å²) in [5.41, 5.74) is 4.67. The van der Waals surface area contributed by atoms with E-state index in [2.05, 4.69) is 20.6 Å². The Morgan fingerprint density at radius 3 is 1.70 bits per heavy atom. The number of alkyl carbamates (subject to hydrolysis) is 2. The molecule has 2 fully saturated rings. The number of ether oxygens (including phenoxy) is 6. The van der Waals surface area contributed by atoms with Crippen LogP contribution in [0.25, 0.3) is 33.6 Å². The molecular weight excluding hydrogens is 869 g/mol. The Hall–Kier alpha value is -6.44. The summed E-state index contributed by atoms with van der Waals surface area (Å²) in [5, 5.41) is 7.28. The van der Waals surface area contributed by atoms with E-state index in [4.69, 9.17) is 38.4 Å². The van der Waals surface area contributed by atoms with Crippen LogP contribution in [0.15, 0.2) is 66.3 Å². The molecule has 0 radical (unpaired) electrons. The molecule has 352 valence electrons. The van der Waals surface area contributed by atoms with Crippen molar-refractivity contribution in [1.29, 1.82) is 0 Å². The first-order valence-electron chi connectivity index (χ1n) is 22.0. The zero-order chi connectivity index (χ0) is 46.7. The number of thiophene rings is 1. The number of aromatic nitrogens is 4. The summed E-state index contributed by atoms with van der Waals surface area (Å²) in [5.74, 6) is 1.90. The average molecular weight is 927 g/mol. The lowest BCUT2D eigenvalue weighted by atomic mass is 9.98. The van der Waals surface area contributed by atoms with Crippen LogP contribution in [-0.4, -0.2) is 128 Å². The molecular formula is C47H58N8O10S. The molecule has 4 N–H and O–H groups in total. The standard InChI is InChI=1S/C47H58N8O10S/c1-28(2)40(52-46(58)62-5)44(56)54-17-7-10-35(54)42-48-26-33(50-42)29-13-15-31(37(24-29)64-21-19-60-3)32-16-14-30(25-38(32)65-22-20-61-4)34-27-49-43(51-34)36-11-8-18-55(36)45(57)41(53-47(59)63-6)39-12-9-23-66-39/h9,12-16,23-28,35-36,40-41H,7-8,10-11,17-22H2,1-6H3,(H,48,50)(H,49,51)(H,52,58)(H,53,59). The van der Waals surface area contributed by atoms with Gasteiger partial charge in [-0.05, 0) is 67.3 Å². The second kappa shape index (κ2) is 22.2. The normalized spacial score (nSPS) is 16.8. The number of nitrogens with zero attached hydrogens (tertiary/aromatic N) is 4. The van der Waals surface area contributed by atoms with Crippen LogP contribution in [0.1, 0.15) is 74.2 Å². The van der Waals surface area contributed by atoms with Crippen molar-refractivity contribution < 1.29 is 47.6 Å². The molecule has 7 rings (SSSR count). The Bertz CT molecular complexity index is 2440. The second-order valence-electron chi connectivity index (χ2n) is 16.3. The highest BCUT2D eigenvalue weighted by atomic mass is 32.1. The van der Waals surface area contributed by atoms with Crippen molar-refractivity contribution in [2.75, 3.05) is 68.0 Å². The van der Waals surface area contributed by atoms with Gasteiger partial charge in [-0.15, -0.1) is 11.3 Å². The monoisotopic (exact) mass is 926 g/mol. The smallest absolute Gasteiger partial charge is 0.407 e. The Labute approximate surface area is 387 Å². The SMILES string of the molecule is COCCOc1cc(-c2cnc(C3CCCN3C(=O)C(NC(=O)OC)c3cccs3)[nH]2)ccc1-c1ccc(-c2cnc(C3CCCN3C(=O)C(NC(=O)OC)C(C)C)[nH]2)cc1OCCOC. The van der Waals surface area contributed by atoms with Crippen LogP contribution < -0.4 is 20.1 Å². The number of hydrogen-bond donors (Lipinski definition) is 4. The number of hydrogen-bond acceptors (Lipinski definition) is 13. The summed E-state index contributed by atoms with van der Waals surface area (Å²) in [6, 6.07) is 13.2. The van der Waals surface area contributed by atoms with Gasteiger partial charge < -0.3 is 58.8 Å². The first kappa shape index (κ1) is 47.5. The molecule has 3 aromatic heterocycles. The van der Waals surface area contributed by atoms with Crippen molar-refractivity contribution in [3.05, 3.63) is 82.8 Å². The highest BCUT2D eigenvalue weighted by Gasteiger charge is 2.39. The van der Waals surface area contributed by atoms with Crippen LogP contribution in [-0.2, 0) is 28.5 Å². The van der Waals surface area contributed by atoms with Crippen molar-refractivity contribution in [3.63, 3.8) is 0 Å². The van der Waals surface area contributed by atoms with E-state index in [1.807, 2.05) is 67.8 Å². The minimum Gasteiger partial charge on any atom is -0.491 e. The maximum Gasteiger partial charge on any atom is 0.407 e. The van der Waals surface area contributed by atoms with Gasteiger partial charge >= 0.3 is 12.2 Å². The fraction of sp³-hybridized carbons (Fsp3) is 0.447. The van der Waals surface area contributed by atoms with Gasteiger partial charge in [0.1, 0.15) is 48.4 Å². The summed E-state index contributed by atoms with van der Waals surface area (Å²) >= 11 is 1.39. The van der Waals surface area contributed by atoms with Gasteiger partial charge in [-0.3, -0.25) is 9.59 Å². The molecule has 66 heavy (non-hydrogen) atoms. The van der Waals surface area contributed by atoms with Crippen LogP contribution >= 0.6 is 11.3 Å². The van der Waals surface area contributed by atoms with E-state index in [1.54, 1.807) is 36.4 Å². The van der Waals surface area contributed by atoms with Gasteiger partial charge in [0, 0.05) is 54.4 Å². The summed E-state index contributed by atoms with van der Waals surface area (Å²) in [7, 11) is 5.78. The summed E-state index contributed by atoms with van der Waals surface area (Å²) in [6.45, 7) is 6.14. The number of imidazole rings is 2. The van der Waals surface area contributed by atoms with E-state index in [-0.39, 0.29) is 36.4 Å². The molecule has 2 aliphatic heterocycles. The number of likely N-dealkylation sites (tertiary alicyclic amines) is 2. The van der Waals surface area contributed by atoms with Crippen molar-refractivity contribution in [3.8, 4) is 45.1 Å². The second-order valence-corrected chi connectivity index (χ2v) is 17.3. The molecule has 19 heteroatoms. The van der Waals surface area contributed by atoms with Gasteiger partial charge in [-0.1, -0.05) is 32.0 Å². The Balaban J connectivity index is 1.15. The number of nitrogens with one attached hydrogen (secondary N) is 4. The molecule has 0 bridgehead atoms. The van der Waals surface area contributed by atoms with E-state index in [9.17, 15) is 19.2 Å². The van der Waals surface area contributed by atoms with E-state index in [0.717, 1.165) is 52.9 Å². The topological polar surface area (TPSA) is 212 Å². The molecule has 4 amide bonds. The van der Waals surface area contributed by atoms with Crippen LogP contribution in [0.5, 0.6) is 11.5 Å². The average Bonchev–Trinajstić information content (AvgIpc) is 4.19. The molecule has 5 aromatic rings. The van der Waals surface area contributed by atoms with Crippen LogP contribution in [0.4, 0.5) is 9.59 Å². The third kappa shape index (κ3) is 10.8. The van der Waals surface area contributed by atoms with Gasteiger partial charge in [0.05, 0.1) is 63.3 Å². The highest BCUT2D eigenvalue weighted by Crippen LogP contribution is 2.42. The van der Waals surface area contributed by atoms with E-state index < -0.39 is 24.3 Å². The molecule has 2 aliphatic rings. The summed E-state index contributed by atoms with van der Waals surface area (Å²) in [4.78, 5) is 72.9. The zero-order valence-corrected chi connectivity index (χ0v) is 38.9. The van der Waals surface area contributed by atoms with Crippen LogP contribution in [0.2, 0.25) is 0 Å². The number of rotatable bonds is 19. The lowest BCUT2D eigenvalue weighted by Gasteiger charge is -2.30. The Kier molecular flexibility index (Phi) is 16.0. The lowest BCUT2D eigenvalue weighted by Crippen LogP contribution is -2.51. The summed E-state index contributed by atoms with van der Waals surface area (Å²) in [6.07, 6.45) is 5.17. The lowest BCUT2D eigenvalue weighted by molar-refractivity contribution is -0.135. The predicted molar refractivity (Wildman–Crippen MR) is 246 cm³/mol. The molecule has 4 unspecified atom stereocenters. The number of methoxy groups -OCH3 is 4. The van der Waals surface area contributed by atoms with Crippen molar-refractivity contribution in [1.82, 2.24) is 40.4 Å². The van der Waals surface area contributed by atoms with E-state index in [0.29, 0.717) is 67.4 Å². The molecule has 2 saturated heterocycles. The number of H-pyrrole nitrogens is 2. The maximum absolute atomic E-state index is 14.0. The highest BCUT2D eigenvalue weighted by molar-refractivity contribution is 7.10. The molecule has 0 spiro atoms. The third-order valence-corrected chi connectivity index (χ3v) is 12.7. The quantitative estimate of drug-likeness (QED) is 0.0614. The molecule has 0 saturated carbocycles. The first-order valence-corrected chi connectivity index (χ1v) is 22.9. The minimum atomic E-state index is -0.886. The van der Waals surface area contributed by atoms with Gasteiger partial charge in [0.2, 0.25) is 5.91 Å². The van der Waals surface area contributed by atoms with Gasteiger partial charge in [-0.2, -0.15) is 0 Å². The molecule has 5 heterocycles. The van der Waals surface area contributed by atoms with Crippen LogP contribution in [0.3, 0.4) is 0 Å².